The van der Waals surface area contributed by atoms with Crippen molar-refractivity contribution in [2.45, 2.75) is 64.8 Å². The van der Waals surface area contributed by atoms with Gasteiger partial charge in [-0.2, -0.15) is 0 Å². The van der Waals surface area contributed by atoms with E-state index in [1.807, 2.05) is 0 Å². The lowest BCUT2D eigenvalue weighted by Gasteiger charge is -2.32. The molecule has 1 aliphatic heterocycles. The van der Waals surface area contributed by atoms with Crippen molar-refractivity contribution in [3.8, 4) is 0 Å². The Bertz CT molecular complexity index is 377. The van der Waals surface area contributed by atoms with E-state index < -0.39 is 0 Å². The lowest BCUT2D eigenvalue weighted by atomic mass is 10.0. The van der Waals surface area contributed by atoms with Gasteiger partial charge in [-0.15, -0.1) is 0 Å². The van der Waals surface area contributed by atoms with Crippen LogP contribution in [0.25, 0.3) is 0 Å². The summed E-state index contributed by atoms with van der Waals surface area (Å²) in [6, 6.07) is 9.78. The zero-order valence-electron chi connectivity index (χ0n) is 13.9. The first-order valence-corrected chi connectivity index (χ1v) is 8.89. The van der Waals surface area contributed by atoms with Crippen molar-refractivity contribution in [3.05, 3.63) is 29.8 Å². The van der Waals surface area contributed by atoms with E-state index in [0.717, 1.165) is 0 Å². The molecular weight excluding hydrogens is 256 g/mol. The summed E-state index contributed by atoms with van der Waals surface area (Å²) in [6.07, 6.45) is 9.02. The standard InChI is InChI=1S/C19H32N2/c1-3-5-6-7-17-8-10-18(11-9-17)20-19-12-15-21(14-4-2)16-13-19/h8-11,19-20H,3-7,12-16H2,1-2H3. The Balaban J connectivity index is 1.73. The lowest BCUT2D eigenvalue weighted by Crippen LogP contribution is -2.39. The van der Waals surface area contributed by atoms with Crippen LogP contribution >= 0.6 is 0 Å². The van der Waals surface area contributed by atoms with E-state index in [1.54, 1.807) is 0 Å². The molecule has 1 heterocycles. The zero-order valence-corrected chi connectivity index (χ0v) is 13.9. The molecule has 1 saturated heterocycles. The van der Waals surface area contributed by atoms with E-state index in [1.165, 1.54) is 75.8 Å². The van der Waals surface area contributed by atoms with Gasteiger partial charge >= 0.3 is 0 Å². The molecule has 0 spiro atoms. The highest BCUT2D eigenvalue weighted by Crippen LogP contribution is 2.18. The molecule has 0 saturated carbocycles. The Morgan fingerprint density at radius 3 is 2.33 bits per heavy atom. The summed E-state index contributed by atoms with van der Waals surface area (Å²) in [5.41, 5.74) is 2.77. The molecule has 2 heteroatoms. The highest BCUT2D eigenvalue weighted by molar-refractivity contribution is 5.45. The fourth-order valence-corrected chi connectivity index (χ4v) is 3.20. The summed E-state index contributed by atoms with van der Waals surface area (Å²) in [5.74, 6) is 0. The van der Waals surface area contributed by atoms with Gasteiger partial charge in [0.05, 0.1) is 0 Å². The predicted octanol–water partition coefficient (Wildman–Crippen LogP) is 4.71. The molecular formula is C19H32N2. The van der Waals surface area contributed by atoms with Gasteiger partial charge in [-0.1, -0.05) is 38.8 Å². The minimum absolute atomic E-state index is 0.657. The lowest BCUT2D eigenvalue weighted by molar-refractivity contribution is 0.219. The fraction of sp³-hybridized carbons (Fsp3) is 0.684. The second-order valence-electron chi connectivity index (χ2n) is 6.41. The average Bonchev–Trinajstić information content (AvgIpc) is 2.51. The molecule has 2 nitrogen and oxygen atoms in total. The van der Waals surface area contributed by atoms with Gasteiger partial charge in [0.2, 0.25) is 0 Å². The van der Waals surface area contributed by atoms with Crippen LogP contribution in [-0.2, 0) is 6.42 Å². The Kier molecular flexibility index (Phi) is 7.08. The van der Waals surface area contributed by atoms with Crippen LogP contribution in [0.2, 0.25) is 0 Å². The molecule has 1 aliphatic rings. The second kappa shape index (κ2) is 9.09. The molecule has 2 rings (SSSR count). The first-order valence-electron chi connectivity index (χ1n) is 8.89. The number of piperidine rings is 1. The summed E-state index contributed by atoms with van der Waals surface area (Å²) in [7, 11) is 0. The van der Waals surface area contributed by atoms with Crippen molar-refractivity contribution in [2.24, 2.45) is 0 Å². The zero-order chi connectivity index (χ0) is 14.9. The van der Waals surface area contributed by atoms with Crippen molar-refractivity contribution in [2.75, 3.05) is 25.0 Å². The van der Waals surface area contributed by atoms with Crippen LogP contribution in [-0.4, -0.2) is 30.6 Å². The van der Waals surface area contributed by atoms with Gasteiger partial charge in [0.1, 0.15) is 0 Å². The third-order valence-electron chi connectivity index (χ3n) is 4.52. The maximum atomic E-state index is 3.71. The maximum absolute atomic E-state index is 3.71. The smallest absolute Gasteiger partial charge is 0.0342 e. The number of benzene rings is 1. The average molecular weight is 288 g/mol. The van der Waals surface area contributed by atoms with Crippen LogP contribution in [0, 0.1) is 0 Å². The monoisotopic (exact) mass is 288 g/mol. The quantitative estimate of drug-likeness (QED) is 0.697. The Morgan fingerprint density at radius 1 is 1.00 bits per heavy atom. The highest BCUT2D eigenvalue weighted by Gasteiger charge is 2.17. The summed E-state index contributed by atoms with van der Waals surface area (Å²) < 4.78 is 0. The Morgan fingerprint density at radius 2 is 1.71 bits per heavy atom. The van der Waals surface area contributed by atoms with Gasteiger partial charge in [-0.25, -0.2) is 0 Å². The molecule has 0 amide bonds. The van der Waals surface area contributed by atoms with Crippen LogP contribution in [0.3, 0.4) is 0 Å². The van der Waals surface area contributed by atoms with Crippen molar-refractivity contribution in [3.63, 3.8) is 0 Å². The van der Waals surface area contributed by atoms with Crippen molar-refractivity contribution < 1.29 is 0 Å². The number of rotatable bonds is 8. The van der Waals surface area contributed by atoms with Crippen molar-refractivity contribution in [1.29, 1.82) is 0 Å². The first kappa shape index (κ1) is 16.4. The van der Waals surface area contributed by atoms with E-state index in [2.05, 4.69) is 48.3 Å². The third-order valence-corrected chi connectivity index (χ3v) is 4.52. The SMILES string of the molecule is CCCCCc1ccc(NC2CCN(CCC)CC2)cc1. The Hall–Kier alpha value is -1.02. The molecule has 118 valence electrons. The normalized spacial score (nSPS) is 17.0. The molecule has 1 fully saturated rings. The minimum atomic E-state index is 0.657. The fourth-order valence-electron chi connectivity index (χ4n) is 3.20. The molecule has 0 unspecified atom stereocenters. The van der Waals surface area contributed by atoms with Gasteiger partial charge in [-0.3, -0.25) is 0 Å². The number of hydrogen-bond donors (Lipinski definition) is 1. The number of unbranched alkanes of at least 4 members (excludes halogenated alkanes) is 2. The first-order chi connectivity index (χ1) is 10.3. The predicted molar refractivity (Wildman–Crippen MR) is 93.0 cm³/mol. The van der Waals surface area contributed by atoms with Crippen LogP contribution in [0.5, 0.6) is 0 Å². The number of aryl methyl sites for hydroxylation is 1. The number of hydrogen-bond acceptors (Lipinski definition) is 2. The summed E-state index contributed by atoms with van der Waals surface area (Å²) in [6.45, 7) is 8.30. The van der Waals surface area contributed by atoms with Crippen molar-refractivity contribution >= 4 is 5.69 Å². The molecule has 1 aromatic carbocycles. The minimum Gasteiger partial charge on any atom is -0.382 e. The second-order valence-corrected chi connectivity index (χ2v) is 6.41. The molecule has 0 atom stereocenters. The molecule has 1 N–H and O–H groups in total. The third kappa shape index (κ3) is 5.70. The van der Waals surface area contributed by atoms with E-state index >= 15 is 0 Å². The van der Waals surface area contributed by atoms with Crippen LogP contribution in [0.1, 0.15) is 57.9 Å². The van der Waals surface area contributed by atoms with Crippen molar-refractivity contribution in [1.82, 2.24) is 4.90 Å². The van der Waals surface area contributed by atoms with Gasteiger partial charge in [0.25, 0.3) is 0 Å². The van der Waals surface area contributed by atoms with Gasteiger partial charge in [0.15, 0.2) is 0 Å². The highest BCUT2D eigenvalue weighted by atomic mass is 15.1. The number of likely N-dealkylation sites (tertiary alicyclic amines) is 1. The van der Waals surface area contributed by atoms with E-state index in [9.17, 15) is 0 Å². The summed E-state index contributed by atoms with van der Waals surface area (Å²) in [5, 5.41) is 3.71. The molecule has 0 radical (unpaired) electrons. The number of anilines is 1. The Labute approximate surface area is 130 Å². The number of nitrogens with one attached hydrogen (secondary N) is 1. The van der Waals surface area contributed by atoms with Gasteiger partial charge in [0, 0.05) is 24.8 Å². The summed E-state index contributed by atoms with van der Waals surface area (Å²) in [4.78, 5) is 2.59. The largest absolute Gasteiger partial charge is 0.382 e. The summed E-state index contributed by atoms with van der Waals surface area (Å²) >= 11 is 0. The maximum Gasteiger partial charge on any atom is 0.0342 e. The van der Waals surface area contributed by atoms with E-state index in [4.69, 9.17) is 0 Å². The molecule has 0 aliphatic carbocycles. The number of nitrogens with zero attached hydrogens (tertiary/aromatic N) is 1. The topological polar surface area (TPSA) is 15.3 Å². The van der Waals surface area contributed by atoms with Crippen LogP contribution < -0.4 is 5.32 Å². The van der Waals surface area contributed by atoms with Crippen LogP contribution in [0.15, 0.2) is 24.3 Å². The molecule has 1 aromatic rings. The van der Waals surface area contributed by atoms with Crippen LogP contribution in [0.4, 0.5) is 5.69 Å². The molecule has 21 heavy (non-hydrogen) atoms. The van der Waals surface area contributed by atoms with Gasteiger partial charge < -0.3 is 10.2 Å². The van der Waals surface area contributed by atoms with Gasteiger partial charge in [-0.05, 0) is 56.3 Å². The molecule has 0 aromatic heterocycles. The van der Waals surface area contributed by atoms with E-state index in [0.29, 0.717) is 6.04 Å². The van der Waals surface area contributed by atoms with E-state index in [-0.39, 0.29) is 0 Å². The molecule has 0 bridgehead atoms.